The van der Waals surface area contributed by atoms with Crippen LogP contribution in [0.1, 0.15) is 71.3 Å². The number of hydrogen-bond acceptors (Lipinski definition) is 6. The van der Waals surface area contributed by atoms with Gasteiger partial charge in [0.15, 0.2) is 9.84 Å². The summed E-state index contributed by atoms with van der Waals surface area (Å²) in [7, 11) is 0.735. The monoisotopic (exact) mass is 584 g/mol. The van der Waals surface area contributed by atoms with Gasteiger partial charge in [0.2, 0.25) is 0 Å². The first kappa shape index (κ1) is 34.1. The fraction of sp³-hybridized carbons (Fsp3) is 0.571. The first-order valence-electron chi connectivity index (χ1n) is 13.2. The van der Waals surface area contributed by atoms with Crippen LogP contribution in [0.4, 0.5) is 5.69 Å². The van der Waals surface area contributed by atoms with E-state index >= 15 is 0 Å². The SMILES string of the molecule is CCCCC1CCC(NC(=O)/C(S/C=C/S(C)(=O)=O)=C(/C)Cl)CC1.CCN=C(c1ccccc1N)N(C)C. The van der Waals surface area contributed by atoms with Crippen molar-refractivity contribution in [2.24, 2.45) is 10.9 Å². The standard InChI is InChI=1S/C17H28ClNO3S2.C11H17N3/c1-4-5-6-14-7-9-15(10-8-14)19-17(20)16(13(2)18)23-11-12-24(3,21)22;1-4-13-11(14(2)3)9-7-5-6-8-10(9)12/h11-12,14-15H,4-10H2,1-3H3,(H,19,20);5-8H,4,12H2,1-3H3/b12-11+,16-13+;. The molecule has 0 bridgehead atoms. The van der Waals surface area contributed by atoms with Crippen molar-refractivity contribution in [1.29, 1.82) is 0 Å². The van der Waals surface area contributed by atoms with Gasteiger partial charge in [-0.3, -0.25) is 9.79 Å². The van der Waals surface area contributed by atoms with Crippen molar-refractivity contribution in [3.05, 3.63) is 50.6 Å². The highest BCUT2D eigenvalue weighted by Gasteiger charge is 2.23. The molecule has 10 heteroatoms. The number of hydrogen-bond donors (Lipinski definition) is 2. The van der Waals surface area contributed by atoms with Gasteiger partial charge < -0.3 is 16.0 Å². The summed E-state index contributed by atoms with van der Waals surface area (Å²) < 4.78 is 22.3. The second-order valence-corrected chi connectivity index (χ2v) is 13.1. The van der Waals surface area contributed by atoms with Crippen LogP contribution in [0.5, 0.6) is 0 Å². The molecule has 7 nitrogen and oxygen atoms in total. The van der Waals surface area contributed by atoms with Gasteiger partial charge in [0, 0.05) is 54.6 Å². The van der Waals surface area contributed by atoms with E-state index in [0.29, 0.717) is 9.94 Å². The predicted molar refractivity (Wildman–Crippen MR) is 165 cm³/mol. The van der Waals surface area contributed by atoms with Gasteiger partial charge in [0.05, 0.1) is 4.91 Å². The Morgan fingerprint density at radius 1 is 1.21 bits per heavy atom. The molecule has 0 spiro atoms. The first-order valence-corrected chi connectivity index (χ1v) is 16.4. The van der Waals surface area contributed by atoms with Crippen LogP contribution in [0.15, 0.2) is 50.0 Å². The van der Waals surface area contributed by atoms with Gasteiger partial charge in [-0.15, -0.1) is 0 Å². The summed E-state index contributed by atoms with van der Waals surface area (Å²) in [6, 6.07) is 7.97. The number of rotatable bonds is 10. The molecule has 1 fully saturated rings. The summed E-state index contributed by atoms with van der Waals surface area (Å²) >= 11 is 7.04. The molecule has 0 aromatic heterocycles. The molecule has 1 aliphatic carbocycles. The van der Waals surface area contributed by atoms with Crippen molar-refractivity contribution < 1.29 is 13.2 Å². The Kier molecular flexibility index (Phi) is 15.8. The van der Waals surface area contributed by atoms with E-state index in [1.807, 2.05) is 50.2 Å². The zero-order valence-corrected chi connectivity index (χ0v) is 26.1. The summed E-state index contributed by atoms with van der Waals surface area (Å²) in [6.07, 6.45) is 9.22. The lowest BCUT2D eigenvalue weighted by Gasteiger charge is -2.29. The van der Waals surface area contributed by atoms with E-state index in [-0.39, 0.29) is 11.9 Å². The number of anilines is 1. The number of nitrogens with zero attached hydrogens (tertiary/aromatic N) is 2. The number of nitrogens with one attached hydrogen (secondary N) is 1. The lowest BCUT2D eigenvalue weighted by atomic mass is 9.83. The van der Waals surface area contributed by atoms with Crippen LogP contribution in [-0.4, -0.2) is 58.0 Å². The number of benzene rings is 1. The molecule has 0 atom stereocenters. The molecule has 2 rings (SSSR count). The molecule has 0 unspecified atom stereocenters. The number of sulfone groups is 1. The van der Waals surface area contributed by atoms with E-state index in [1.165, 1.54) is 24.7 Å². The molecule has 3 N–H and O–H groups in total. The number of allylic oxidation sites excluding steroid dienone is 1. The maximum Gasteiger partial charge on any atom is 0.259 e. The molecule has 0 radical (unpaired) electrons. The van der Waals surface area contributed by atoms with Crippen molar-refractivity contribution in [3.8, 4) is 0 Å². The third-order valence-corrected chi connectivity index (χ3v) is 8.19. The van der Waals surface area contributed by atoms with Gasteiger partial charge in [-0.05, 0) is 63.0 Å². The molecule has 1 aliphatic rings. The Morgan fingerprint density at radius 2 is 1.84 bits per heavy atom. The number of amides is 1. The highest BCUT2D eigenvalue weighted by Crippen LogP contribution is 2.30. The van der Waals surface area contributed by atoms with Crippen LogP contribution >= 0.6 is 23.4 Å². The van der Waals surface area contributed by atoms with Gasteiger partial charge in [-0.25, -0.2) is 8.42 Å². The molecule has 1 amide bonds. The minimum atomic E-state index is -3.21. The van der Waals surface area contributed by atoms with Crippen LogP contribution in [0.25, 0.3) is 0 Å². The molecule has 38 heavy (non-hydrogen) atoms. The maximum atomic E-state index is 12.4. The number of carbonyl (C=O) groups is 1. The zero-order valence-electron chi connectivity index (χ0n) is 23.7. The number of nitrogen functional groups attached to an aromatic ring is 1. The lowest BCUT2D eigenvalue weighted by Crippen LogP contribution is -2.38. The lowest BCUT2D eigenvalue weighted by molar-refractivity contribution is -0.117. The summed E-state index contributed by atoms with van der Waals surface area (Å²) in [5.74, 6) is 1.50. The second-order valence-electron chi connectivity index (χ2n) is 9.70. The summed E-state index contributed by atoms with van der Waals surface area (Å²) in [5.41, 5.74) is 7.65. The normalized spacial score (nSPS) is 18.9. The molecular formula is C28H45ClN4O3S2. The van der Waals surface area contributed by atoms with E-state index in [9.17, 15) is 13.2 Å². The van der Waals surface area contributed by atoms with Gasteiger partial charge in [0.25, 0.3) is 5.91 Å². The highest BCUT2D eigenvalue weighted by atomic mass is 35.5. The van der Waals surface area contributed by atoms with Crippen molar-refractivity contribution in [2.45, 2.75) is 71.8 Å². The number of nitrogens with two attached hydrogens (primary N) is 1. The fourth-order valence-electron chi connectivity index (χ4n) is 4.15. The van der Waals surface area contributed by atoms with Gasteiger partial charge in [0.1, 0.15) is 5.84 Å². The van der Waals surface area contributed by atoms with Crippen LogP contribution < -0.4 is 11.1 Å². The van der Waals surface area contributed by atoms with E-state index in [1.54, 1.807) is 6.92 Å². The van der Waals surface area contributed by atoms with E-state index in [4.69, 9.17) is 17.3 Å². The van der Waals surface area contributed by atoms with E-state index < -0.39 is 9.84 Å². The summed E-state index contributed by atoms with van der Waals surface area (Å²) in [5, 5.41) is 5.87. The minimum absolute atomic E-state index is 0.181. The van der Waals surface area contributed by atoms with Gasteiger partial charge in [-0.2, -0.15) is 0 Å². The molecule has 1 saturated carbocycles. The van der Waals surface area contributed by atoms with E-state index in [2.05, 4.69) is 17.2 Å². The molecule has 214 valence electrons. The number of carbonyl (C=O) groups excluding carboxylic acids is 1. The first-order chi connectivity index (χ1) is 17.9. The van der Waals surface area contributed by atoms with Crippen LogP contribution in [-0.2, 0) is 14.6 Å². The molecule has 1 aromatic rings. The predicted octanol–water partition coefficient (Wildman–Crippen LogP) is 6.17. The Hall–Kier alpha value is -1.97. The number of unbranched alkanes of at least 4 members (excludes halogenated alkanes) is 1. The van der Waals surface area contributed by atoms with Crippen LogP contribution in [0, 0.1) is 5.92 Å². The maximum absolute atomic E-state index is 12.4. The smallest absolute Gasteiger partial charge is 0.259 e. The van der Waals surface area contributed by atoms with Gasteiger partial charge in [-0.1, -0.05) is 61.7 Å². The fourth-order valence-corrected chi connectivity index (χ4v) is 5.86. The third-order valence-electron chi connectivity index (χ3n) is 6.09. The van der Waals surface area contributed by atoms with Crippen molar-refractivity contribution in [3.63, 3.8) is 0 Å². The Bertz CT molecular complexity index is 1070. The number of halogens is 1. The van der Waals surface area contributed by atoms with Crippen LogP contribution in [0.3, 0.4) is 0 Å². The molecule has 0 aliphatic heterocycles. The van der Waals surface area contributed by atoms with E-state index in [0.717, 1.165) is 78.7 Å². The number of amidine groups is 1. The molecular weight excluding hydrogens is 540 g/mol. The van der Waals surface area contributed by atoms with Crippen molar-refractivity contribution >= 4 is 50.6 Å². The Balaban J connectivity index is 0.000000437. The largest absolute Gasteiger partial charge is 0.398 e. The van der Waals surface area contributed by atoms with Crippen molar-refractivity contribution in [1.82, 2.24) is 10.2 Å². The molecule has 1 aromatic carbocycles. The minimum Gasteiger partial charge on any atom is -0.398 e. The average Bonchev–Trinajstić information content (AvgIpc) is 2.84. The third kappa shape index (κ3) is 13.2. The topological polar surface area (TPSA) is 105 Å². The Morgan fingerprint density at radius 3 is 2.34 bits per heavy atom. The summed E-state index contributed by atoms with van der Waals surface area (Å²) in [4.78, 5) is 19.2. The quantitative estimate of drug-likeness (QED) is 0.147. The van der Waals surface area contributed by atoms with Gasteiger partial charge >= 0.3 is 0 Å². The van der Waals surface area contributed by atoms with Crippen molar-refractivity contribution in [2.75, 3.05) is 32.6 Å². The highest BCUT2D eigenvalue weighted by molar-refractivity contribution is 8.07. The second kappa shape index (κ2) is 17.6. The van der Waals surface area contributed by atoms with Crippen LogP contribution in [0.2, 0.25) is 0 Å². The summed E-state index contributed by atoms with van der Waals surface area (Å²) in [6.45, 7) is 6.63. The number of para-hydroxylation sites is 1. The molecule has 0 heterocycles. The molecule has 0 saturated heterocycles. The zero-order chi connectivity index (χ0) is 28.7. The number of aliphatic imine (C=N–C) groups is 1. The number of thioether (sulfide) groups is 1. The Labute approximate surface area is 239 Å². The average molecular weight is 585 g/mol.